The molecule has 2 aromatic rings. The van der Waals surface area contributed by atoms with Crippen molar-refractivity contribution >= 4 is 0 Å². The maximum atomic E-state index is 9.53. The van der Waals surface area contributed by atoms with Crippen LogP contribution in [0.3, 0.4) is 0 Å². The third-order valence-corrected chi connectivity index (χ3v) is 2.00. The average Bonchev–Trinajstić information content (AvgIpc) is 2.23. The fourth-order valence-electron chi connectivity index (χ4n) is 1.30. The number of aromatic hydroxyl groups is 1. The van der Waals surface area contributed by atoms with Crippen LogP contribution in [0.25, 0.3) is 0 Å². The molecule has 1 heterocycles. The minimum absolute atomic E-state index is 0.316. The lowest BCUT2D eigenvalue weighted by Gasteiger charge is -2.02. The second kappa shape index (κ2) is 3.87. The zero-order valence-corrected chi connectivity index (χ0v) is 7.59. The number of aromatic nitrogens is 2. The molecule has 0 aliphatic heterocycles. The molecule has 0 atom stereocenters. The summed E-state index contributed by atoms with van der Waals surface area (Å²) in [6.45, 7) is 0. The predicted octanol–water partition coefficient (Wildman–Crippen LogP) is 1.77. The van der Waals surface area contributed by atoms with Crippen LogP contribution in [0.2, 0.25) is 0 Å². The van der Waals surface area contributed by atoms with Crippen LogP contribution < -0.4 is 0 Å². The molecule has 1 N–H and O–H groups in total. The van der Waals surface area contributed by atoms with Gasteiger partial charge in [-0.1, -0.05) is 18.2 Å². The first-order valence-corrected chi connectivity index (χ1v) is 4.37. The summed E-state index contributed by atoms with van der Waals surface area (Å²) in [6.07, 6.45) is 5.65. The third kappa shape index (κ3) is 1.88. The lowest BCUT2D eigenvalue weighted by Crippen LogP contribution is -1.90. The average molecular weight is 186 g/mol. The molecular formula is C11H10N2O. The van der Waals surface area contributed by atoms with Crippen molar-refractivity contribution in [2.45, 2.75) is 6.42 Å². The Kier molecular flexibility index (Phi) is 2.40. The summed E-state index contributed by atoms with van der Waals surface area (Å²) in [4.78, 5) is 7.84. The van der Waals surface area contributed by atoms with Crippen molar-refractivity contribution in [3.8, 4) is 5.75 Å². The molecule has 0 aliphatic rings. The minimum Gasteiger partial charge on any atom is -0.508 e. The Morgan fingerprint density at radius 1 is 1.07 bits per heavy atom. The molecule has 0 radical (unpaired) electrons. The van der Waals surface area contributed by atoms with E-state index in [0.717, 1.165) is 11.1 Å². The molecule has 0 saturated heterocycles. The van der Waals surface area contributed by atoms with Crippen molar-refractivity contribution in [1.82, 2.24) is 9.97 Å². The molecule has 0 amide bonds. The van der Waals surface area contributed by atoms with Gasteiger partial charge in [0.25, 0.3) is 0 Å². The highest BCUT2D eigenvalue weighted by Crippen LogP contribution is 2.18. The number of phenolic OH excluding ortho intramolecular Hbond substituents is 1. The minimum atomic E-state index is 0.316. The van der Waals surface area contributed by atoms with E-state index in [1.807, 2.05) is 12.1 Å². The first-order valence-electron chi connectivity index (χ1n) is 4.37. The quantitative estimate of drug-likeness (QED) is 0.777. The van der Waals surface area contributed by atoms with Crippen LogP contribution in [0.1, 0.15) is 11.1 Å². The highest BCUT2D eigenvalue weighted by Gasteiger charge is 2.00. The summed E-state index contributed by atoms with van der Waals surface area (Å²) >= 11 is 0. The van der Waals surface area contributed by atoms with Gasteiger partial charge in [0.05, 0.1) is 0 Å². The van der Waals surface area contributed by atoms with Crippen LogP contribution in [0, 0.1) is 0 Å². The van der Waals surface area contributed by atoms with Crippen molar-refractivity contribution in [3.63, 3.8) is 0 Å². The molecule has 2 rings (SSSR count). The standard InChI is InChI=1S/C11H10N2O/c14-11-4-2-1-3-10(11)5-9-6-12-8-13-7-9/h1-4,6-8,14H,5H2. The molecule has 1 aromatic heterocycles. The zero-order valence-electron chi connectivity index (χ0n) is 7.59. The Morgan fingerprint density at radius 3 is 2.50 bits per heavy atom. The van der Waals surface area contributed by atoms with E-state index in [4.69, 9.17) is 0 Å². The van der Waals surface area contributed by atoms with Gasteiger partial charge in [0.2, 0.25) is 0 Å². The van der Waals surface area contributed by atoms with Crippen molar-refractivity contribution in [3.05, 3.63) is 54.1 Å². The molecule has 0 spiro atoms. The van der Waals surface area contributed by atoms with E-state index in [9.17, 15) is 5.11 Å². The Morgan fingerprint density at radius 2 is 1.79 bits per heavy atom. The number of nitrogens with zero attached hydrogens (tertiary/aromatic N) is 2. The molecule has 3 heteroatoms. The number of hydrogen-bond acceptors (Lipinski definition) is 3. The van der Waals surface area contributed by atoms with Gasteiger partial charge in [-0.3, -0.25) is 0 Å². The van der Waals surface area contributed by atoms with Gasteiger partial charge in [0.15, 0.2) is 0 Å². The fourth-order valence-corrected chi connectivity index (χ4v) is 1.30. The molecule has 3 nitrogen and oxygen atoms in total. The molecule has 14 heavy (non-hydrogen) atoms. The Labute approximate surface area is 82.1 Å². The molecular weight excluding hydrogens is 176 g/mol. The van der Waals surface area contributed by atoms with Crippen molar-refractivity contribution in [1.29, 1.82) is 0 Å². The lowest BCUT2D eigenvalue weighted by atomic mass is 10.1. The molecule has 1 aromatic carbocycles. The largest absolute Gasteiger partial charge is 0.508 e. The summed E-state index contributed by atoms with van der Waals surface area (Å²) < 4.78 is 0. The van der Waals surface area contributed by atoms with Crippen LogP contribution in [-0.4, -0.2) is 15.1 Å². The summed E-state index contributed by atoms with van der Waals surface area (Å²) in [7, 11) is 0. The fraction of sp³-hybridized carbons (Fsp3) is 0.0909. The molecule has 0 fully saturated rings. The topological polar surface area (TPSA) is 46.0 Å². The van der Waals surface area contributed by atoms with Crippen LogP contribution >= 0.6 is 0 Å². The van der Waals surface area contributed by atoms with Gasteiger partial charge >= 0.3 is 0 Å². The highest BCUT2D eigenvalue weighted by molar-refractivity contribution is 5.35. The van der Waals surface area contributed by atoms with E-state index in [1.54, 1.807) is 24.5 Å². The van der Waals surface area contributed by atoms with E-state index < -0.39 is 0 Å². The van der Waals surface area contributed by atoms with Gasteiger partial charge in [0, 0.05) is 18.8 Å². The Balaban J connectivity index is 2.24. The van der Waals surface area contributed by atoms with Crippen molar-refractivity contribution in [2.75, 3.05) is 0 Å². The Hall–Kier alpha value is -1.90. The predicted molar refractivity (Wildman–Crippen MR) is 52.9 cm³/mol. The summed E-state index contributed by atoms with van der Waals surface area (Å²) in [5.74, 6) is 0.316. The van der Waals surface area contributed by atoms with E-state index in [2.05, 4.69) is 9.97 Å². The summed E-state index contributed by atoms with van der Waals surface area (Å²) in [5, 5.41) is 9.53. The van der Waals surface area contributed by atoms with Gasteiger partial charge in [-0.25, -0.2) is 9.97 Å². The molecule has 0 aliphatic carbocycles. The number of hydrogen-bond donors (Lipinski definition) is 1. The van der Waals surface area contributed by atoms with Crippen molar-refractivity contribution in [2.24, 2.45) is 0 Å². The third-order valence-electron chi connectivity index (χ3n) is 2.00. The van der Waals surface area contributed by atoms with E-state index in [0.29, 0.717) is 12.2 Å². The van der Waals surface area contributed by atoms with E-state index in [-0.39, 0.29) is 0 Å². The number of para-hydroxylation sites is 1. The molecule has 0 saturated carbocycles. The van der Waals surface area contributed by atoms with Crippen LogP contribution in [0.5, 0.6) is 5.75 Å². The molecule has 0 bridgehead atoms. The first-order chi connectivity index (χ1) is 6.86. The molecule has 0 unspecified atom stereocenters. The number of phenols is 1. The maximum Gasteiger partial charge on any atom is 0.119 e. The monoisotopic (exact) mass is 186 g/mol. The SMILES string of the molecule is Oc1ccccc1Cc1cncnc1. The first kappa shape index (κ1) is 8.69. The van der Waals surface area contributed by atoms with Crippen LogP contribution in [0.4, 0.5) is 0 Å². The van der Waals surface area contributed by atoms with Gasteiger partial charge < -0.3 is 5.11 Å². The summed E-state index contributed by atoms with van der Waals surface area (Å²) in [5.41, 5.74) is 1.89. The van der Waals surface area contributed by atoms with Crippen molar-refractivity contribution < 1.29 is 5.11 Å². The van der Waals surface area contributed by atoms with Gasteiger partial charge in [0.1, 0.15) is 12.1 Å². The van der Waals surface area contributed by atoms with Gasteiger partial charge in [-0.05, 0) is 17.2 Å². The van der Waals surface area contributed by atoms with Gasteiger partial charge in [-0.2, -0.15) is 0 Å². The van der Waals surface area contributed by atoms with Gasteiger partial charge in [-0.15, -0.1) is 0 Å². The van der Waals surface area contributed by atoms with Crippen LogP contribution in [-0.2, 0) is 6.42 Å². The molecule has 70 valence electrons. The Bertz CT molecular complexity index is 415. The van der Waals surface area contributed by atoms with E-state index in [1.165, 1.54) is 6.33 Å². The second-order valence-electron chi connectivity index (χ2n) is 3.05. The smallest absolute Gasteiger partial charge is 0.119 e. The van der Waals surface area contributed by atoms with E-state index >= 15 is 0 Å². The van der Waals surface area contributed by atoms with Crippen LogP contribution in [0.15, 0.2) is 43.0 Å². The highest BCUT2D eigenvalue weighted by atomic mass is 16.3. The lowest BCUT2D eigenvalue weighted by molar-refractivity contribution is 0.469. The number of rotatable bonds is 2. The normalized spacial score (nSPS) is 10.0. The second-order valence-corrected chi connectivity index (χ2v) is 3.05. The maximum absolute atomic E-state index is 9.53. The number of benzene rings is 1. The summed E-state index contributed by atoms with van der Waals surface area (Å²) in [6, 6.07) is 7.28. The zero-order chi connectivity index (χ0) is 9.80.